The van der Waals surface area contributed by atoms with Gasteiger partial charge in [0.2, 0.25) is 0 Å². The Bertz CT molecular complexity index is 537. The van der Waals surface area contributed by atoms with E-state index in [1.165, 1.54) is 12.1 Å². The molecule has 0 spiro atoms. The molecule has 3 nitrogen and oxygen atoms in total. The topological polar surface area (TPSA) is 32.7 Å². The molecule has 2 aliphatic heterocycles. The molecule has 1 aromatic carbocycles. The van der Waals surface area contributed by atoms with Crippen LogP contribution >= 0.6 is 0 Å². The third-order valence-corrected chi connectivity index (χ3v) is 5.49. The Morgan fingerprint density at radius 1 is 1.17 bits per heavy atom. The Balaban J connectivity index is 1.65. The third-order valence-electron chi connectivity index (χ3n) is 5.49. The molecule has 1 aromatic rings. The zero-order chi connectivity index (χ0) is 17.1. The number of ether oxygens (including phenoxy) is 1. The predicted octanol–water partition coefficient (Wildman–Crippen LogP) is 3.25. The predicted molar refractivity (Wildman–Crippen MR) is 89.1 cm³/mol. The van der Waals surface area contributed by atoms with Gasteiger partial charge in [-0.25, -0.2) is 8.78 Å². The number of aliphatic hydroxyl groups is 1. The zero-order valence-electron chi connectivity index (χ0n) is 14.3. The monoisotopic (exact) mass is 339 g/mol. The van der Waals surface area contributed by atoms with E-state index in [2.05, 4.69) is 11.8 Å². The molecule has 24 heavy (non-hydrogen) atoms. The summed E-state index contributed by atoms with van der Waals surface area (Å²) in [6, 6.07) is 3.27. The molecular formula is C19H27F2NO2. The van der Waals surface area contributed by atoms with Crippen molar-refractivity contribution < 1.29 is 18.6 Å². The highest BCUT2D eigenvalue weighted by Crippen LogP contribution is 2.29. The lowest BCUT2D eigenvalue weighted by atomic mass is 9.90. The van der Waals surface area contributed by atoms with Crippen molar-refractivity contribution in [3.63, 3.8) is 0 Å². The molecule has 0 bridgehead atoms. The van der Waals surface area contributed by atoms with Crippen LogP contribution in [0, 0.1) is 11.6 Å². The molecule has 3 rings (SSSR count). The first kappa shape index (κ1) is 17.8. The molecule has 1 N–H and O–H groups in total. The number of benzene rings is 1. The number of likely N-dealkylation sites (tertiary alicyclic amines) is 1. The van der Waals surface area contributed by atoms with E-state index in [-0.39, 0.29) is 23.6 Å². The summed E-state index contributed by atoms with van der Waals surface area (Å²) in [6.45, 7) is 4.79. The van der Waals surface area contributed by atoms with Gasteiger partial charge in [-0.1, -0.05) is 0 Å². The fourth-order valence-electron chi connectivity index (χ4n) is 3.91. The van der Waals surface area contributed by atoms with Crippen LogP contribution in [-0.4, -0.2) is 48.5 Å². The Labute approximate surface area is 142 Å². The lowest BCUT2D eigenvalue weighted by molar-refractivity contribution is 0.0488. The average molecular weight is 339 g/mol. The highest BCUT2D eigenvalue weighted by Gasteiger charge is 2.25. The molecule has 2 unspecified atom stereocenters. The molecule has 2 saturated heterocycles. The lowest BCUT2D eigenvalue weighted by Gasteiger charge is -2.35. The standard InChI is InChI=1S/C19H27F2NO2/c1-13-10-16(23)2-6-22(13)7-3-17-18(20)11-15(12-19(17)21)14-4-8-24-9-5-14/h11-14,16,23H,2-10H2,1H3. The maximum atomic E-state index is 14.4. The van der Waals surface area contributed by atoms with Gasteiger partial charge in [-0.05, 0) is 62.6 Å². The van der Waals surface area contributed by atoms with E-state index in [0.29, 0.717) is 26.2 Å². The molecule has 5 heteroatoms. The number of hydrogen-bond acceptors (Lipinski definition) is 3. The summed E-state index contributed by atoms with van der Waals surface area (Å²) in [5.41, 5.74) is 0.940. The number of halogens is 2. The van der Waals surface area contributed by atoms with Gasteiger partial charge in [0, 0.05) is 37.9 Å². The maximum Gasteiger partial charge on any atom is 0.129 e. The van der Waals surface area contributed by atoms with Crippen molar-refractivity contribution in [3.8, 4) is 0 Å². The van der Waals surface area contributed by atoms with Crippen molar-refractivity contribution in [2.75, 3.05) is 26.3 Å². The molecule has 2 heterocycles. The first-order valence-electron chi connectivity index (χ1n) is 9.02. The second-order valence-electron chi connectivity index (χ2n) is 7.16. The fourth-order valence-corrected chi connectivity index (χ4v) is 3.91. The van der Waals surface area contributed by atoms with Gasteiger partial charge in [-0.2, -0.15) is 0 Å². The van der Waals surface area contributed by atoms with Gasteiger partial charge < -0.3 is 14.7 Å². The van der Waals surface area contributed by atoms with E-state index in [4.69, 9.17) is 4.74 Å². The summed E-state index contributed by atoms with van der Waals surface area (Å²) in [5.74, 6) is -0.664. The first-order chi connectivity index (χ1) is 11.5. The van der Waals surface area contributed by atoms with Gasteiger partial charge in [0.05, 0.1) is 6.10 Å². The van der Waals surface area contributed by atoms with E-state index in [1.54, 1.807) is 0 Å². The number of nitrogens with zero attached hydrogens (tertiary/aromatic N) is 1. The minimum Gasteiger partial charge on any atom is -0.393 e. The Morgan fingerprint density at radius 3 is 2.46 bits per heavy atom. The SMILES string of the molecule is CC1CC(O)CCN1CCc1c(F)cc(C2CCOCC2)cc1F. The summed E-state index contributed by atoms with van der Waals surface area (Å²) in [7, 11) is 0. The number of hydrogen-bond donors (Lipinski definition) is 1. The van der Waals surface area contributed by atoms with Crippen molar-refractivity contribution in [2.24, 2.45) is 0 Å². The van der Waals surface area contributed by atoms with Crippen molar-refractivity contribution in [1.82, 2.24) is 4.90 Å². The second-order valence-corrected chi connectivity index (χ2v) is 7.16. The largest absolute Gasteiger partial charge is 0.393 e. The van der Waals surface area contributed by atoms with Crippen LogP contribution in [0.1, 0.15) is 49.7 Å². The minimum atomic E-state index is -0.429. The number of aliphatic hydroxyl groups excluding tert-OH is 1. The van der Waals surface area contributed by atoms with Crippen molar-refractivity contribution in [1.29, 1.82) is 0 Å². The van der Waals surface area contributed by atoms with E-state index >= 15 is 0 Å². The Kier molecular flexibility index (Phi) is 5.85. The van der Waals surface area contributed by atoms with E-state index in [9.17, 15) is 13.9 Å². The normalized spacial score (nSPS) is 26.7. The van der Waals surface area contributed by atoms with Crippen LogP contribution in [0.2, 0.25) is 0 Å². The highest BCUT2D eigenvalue weighted by molar-refractivity contribution is 5.29. The van der Waals surface area contributed by atoms with Crippen molar-refractivity contribution in [2.45, 2.75) is 57.1 Å². The summed E-state index contributed by atoms with van der Waals surface area (Å²) >= 11 is 0. The van der Waals surface area contributed by atoms with Crippen LogP contribution in [0.4, 0.5) is 8.78 Å². The highest BCUT2D eigenvalue weighted by atomic mass is 19.1. The summed E-state index contributed by atoms with van der Waals surface area (Å²) in [4.78, 5) is 2.21. The van der Waals surface area contributed by atoms with Gasteiger partial charge in [0.1, 0.15) is 11.6 Å². The molecule has 2 atom stereocenters. The second kappa shape index (κ2) is 7.89. The number of piperidine rings is 1. The molecule has 0 saturated carbocycles. The van der Waals surface area contributed by atoms with E-state index < -0.39 is 11.6 Å². The van der Waals surface area contributed by atoms with E-state index in [0.717, 1.165) is 37.8 Å². The Morgan fingerprint density at radius 2 is 1.83 bits per heavy atom. The minimum absolute atomic E-state index is 0.184. The molecule has 0 amide bonds. The quantitative estimate of drug-likeness (QED) is 0.914. The third kappa shape index (κ3) is 4.13. The molecule has 2 aliphatic rings. The van der Waals surface area contributed by atoms with Crippen LogP contribution in [0.3, 0.4) is 0 Å². The molecule has 0 aliphatic carbocycles. The fraction of sp³-hybridized carbons (Fsp3) is 0.684. The van der Waals surface area contributed by atoms with Crippen LogP contribution in [0.15, 0.2) is 12.1 Å². The Hall–Kier alpha value is -1.04. The number of rotatable bonds is 4. The van der Waals surface area contributed by atoms with Crippen molar-refractivity contribution in [3.05, 3.63) is 34.9 Å². The molecule has 134 valence electrons. The zero-order valence-corrected chi connectivity index (χ0v) is 14.3. The molecule has 0 radical (unpaired) electrons. The first-order valence-corrected chi connectivity index (χ1v) is 9.02. The smallest absolute Gasteiger partial charge is 0.129 e. The van der Waals surface area contributed by atoms with Crippen molar-refractivity contribution >= 4 is 0 Å². The van der Waals surface area contributed by atoms with Gasteiger partial charge >= 0.3 is 0 Å². The van der Waals surface area contributed by atoms with Crippen LogP contribution in [-0.2, 0) is 11.2 Å². The molecular weight excluding hydrogens is 312 g/mol. The summed E-state index contributed by atoms with van der Waals surface area (Å²) in [6.07, 6.45) is 3.23. The summed E-state index contributed by atoms with van der Waals surface area (Å²) < 4.78 is 34.2. The van der Waals surface area contributed by atoms with E-state index in [1.807, 2.05) is 0 Å². The maximum absolute atomic E-state index is 14.4. The van der Waals surface area contributed by atoms with Crippen LogP contribution < -0.4 is 0 Å². The average Bonchev–Trinajstić information content (AvgIpc) is 2.56. The van der Waals surface area contributed by atoms with Gasteiger partial charge in [0.15, 0.2) is 0 Å². The van der Waals surface area contributed by atoms with Crippen LogP contribution in [0.5, 0.6) is 0 Å². The lowest BCUT2D eigenvalue weighted by Crippen LogP contribution is -2.43. The van der Waals surface area contributed by atoms with Gasteiger partial charge in [-0.15, -0.1) is 0 Å². The van der Waals surface area contributed by atoms with Crippen LogP contribution in [0.25, 0.3) is 0 Å². The summed E-state index contributed by atoms with van der Waals surface area (Å²) in [5, 5.41) is 9.67. The molecule has 2 fully saturated rings. The van der Waals surface area contributed by atoms with Gasteiger partial charge in [0.25, 0.3) is 0 Å². The van der Waals surface area contributed by atoms with Gasteiger partial charge in [-0.3, -0.25) is 0 Å². The molecule has 0 aromatic heterocycles.